The molecule has 2 aromatic carbocycles. The van der Waals surface area contributed by atoms with E-state index in [-0.39, 0.29) is 0 Å². The van der Waals surface area contributed by atoms with E-state index in [1.54, 1.807) is 41.3 Å². The molecule has 2 aromatic rings. The maximum atomic E-state index is 11.8. The minimum atomic E-state index is -1.72. The van der Waals surface area contributed by atoms with Crippen molar-refractivity contribution >= 4 is 33.2 Å². The summed E-state index contributed by atoms with van der Waals surface area (Å²) in [4.78, 5) is 3.99. The van der Waals surface area contributed by atoms with E-state index in [1.807, 2.05) is 0 Å². The van der Waals surface area contributed by atoms with Gasteiger partial charge in [0.1, 0.15) is 0 Å². The Balaban J connectivity index is 2.15. The number of anilines is 1. The molecular weight excluding hydrogens is 442 g/mol. The molecule has 148 valence electrons. The zero-order valence-electron chi connectivity index (χ0n) is 15.9. The van der Waals surface area contributed by atoms with E-state index in [2.05, 4.69) is 40.7 Å². The van der Waals surface area contributed by atoms with Crippen molar-refractivity contribution in [3.05, 3.63) is 62.6 Å². The van der Waals surface area contributed by atoms with E-state index in [1.165, 1.54) is 0 Å². The molecule has 0 radical (unpaired) electrons. The Kier molecular flexibility index (Phi) is 6.33. The monoisotopic (exact) mass is 463 g/mol. The van der Waals surface area contributed by atoms with Gasteiger partial charge in [-0.1, -0.05) is 59.6 Å². The molecule has 0 spiro atoms. The van der Waals surface area contributed by atoms with Crippen molar-refractivity contribution < 1.29 is 10.2 Å². The van der Waals surface area contributed by atoms with Crippen LogP contribution in [-0.2, 0) is 5.60 Å². The standard InChI is InChI=1S/C21H23BrClN3O2/c1-3-25(4-2)9-10-26-18-12-14(13-24)11-16(22)19(18)21(28,20(26)27)15-7-5-6-8-17(15)23/h5-8,11-12,20,27-28H,3-4,9-10H2,1-2H3. The Labute approximate surface area is 178 Å². The van der Waals surface area contributed by atoms with Gasteiger partial charge < -0.3 is 20.0 Å². The molecule has 5 nitrogen and oxygen atoms in total. The third-order valence-electron chi connectivity index (χ3n) is 5.39. The number of likely N-dealkylation sites (N-methyl/N-ethyl adjacent to an activating group) is 1. The van der Waals surface area contributed by atoms with Gasteiger partial charge in [0.25, 0.3) is 0 Å². The van der Waals surface area contributed by atoms with Crippen molar-refractivity contribution in [3.8, 4) is 6.07 Å². The fourth-order valence-electron chi connectivity index (χ4n) is 3.82. The first-order valence-electron chi connectivity index (χ1n) is 9.27. The topological polar surface area (TPSA) is 70.7 Å². The average molecular weight is 465 g/mol. The molecule has 0 amide bonds. The molecule has 28 heavy (non-hydrogen) atoms. The van der Waals surface area contributed by atoms with Crippen LogP contribution in [0.3, 0.4) is 0 Å². The van der Waals surface area contributed by atoms with Crippen LogP contribution in [-0.4, -0.2) is 47.5 Å². The van der Waals surface area contributed by atoms with Crippen LogP contribution in [0.1, 0.15) is 30.5 Å². The summed E-state index contributed by atoms with van der Waals surface area (Å²) in [7, 11) is 0. The number of halogens is 2. The predicted molar refractivity (Wildman–Crippen MR) is 114 cm³/mol. The third-order valence-corrected chi connectivity index (χ3v) is 6.35. The van der Waals surface area contributed by atoms with E-state index in [0.717, 1.165) is 19.6 Å². The average Bonchev–Trinajstić information content (AvgIpc) is 2.91. The van der Waals surface area contributed by atoms with Gasteiger partial charge in [-0.2, -0.15) is 5.26 Å². The molecule has 2 atom stereocenters. The number of fused-ring (bicyclic) bond motifs is 1. The first kappa shape index (κ1) is 21.1. The molecule has 0 saturated heterocycles. The molecule has 3 rings (SSSR count). The number of hydrogen-bond donors (Lipinski definition) is 2. The molecule has 2 unspecified atom stereocenters. The molecule has 1 aliphatic heterocycles. The fourth-order valence-corrected chi connectivity index (χ4v) is 4.85. The lowest BCUT2D eigenvalue weighted by molar-refractivity contribution is -0.0391. The second-order valence-electron chi connectivity index (χ2n) is 6.80. The van der Waals surface area contributed by atoms with Crippen molar-refractivity contribution in [3.63, 3.8) is 0 Å². The summed E-state index contributed by atoms with van der Waals surface area (Å²) in [6, 6.07) is 12.5. The lowest BCUT2D eigenvalue weighted by Gasteiger charge is -2.33. The van der Waals surface area contributed by atoms with Gasteiger partial charge in [-0.15, -0.1) is 0 Å². The normalized spacial score (nSPS) is 21.1. The Hall–Kier alpha value is -1.62. The molecular formula is C21H23BrClN3O2. The zero-order chi connectivity index (χ0) is 20.5. The number of nitrogens with zero attached hydrogens (tertiary/aromatic N) is 3. The van der Waals surface area contributed by atoms with Crippen LogP contribution in [0.2, 0.25) is 5.02 Å². The van der Waals surface area contributed by atoms with Gasteiger partial charge >= 0.3 is 0 Å². The van der Waals surface area contributed by atoms with Gasteiger partial charge in [-0.25, -0.2) is 0 Å². The maximum absolute atomic E-state index is 11.8. The Morgan fingerprint density at radius 2 is 1.96 bits per heavy atom. The molecule has 0 aliphatic carbocycles. The van der Waals surface area contributed by atoms with E-state index in [9.17, 15) is 15.5 Å². The summed E-state index contributed by atoms with van der Waals surface area (Å²) < 4.78 is 0.563. The van der Waals surface area contributed by atoms with E-state index in [4.69, 9.17) is 11.6 Å². The molecule has 7 heteroatoms. The third kappa shape index (κ3) is 3.42. The van der Waals surface area contributed by atoms with Gasteiger partial charge in [0.15, 0.2) is 11.8 Å². The number of aliphatic hydroxyl groups is 2. The lowest BCUT2D eigenvalue weighted by atomic mass is 9.86. The Morgan fingerprint density at radius 3 is 2.57 bits per heavy atom. The van der Waals surface area contributed by atoms with Gasteiger partial charge in [-0.05, 0) is 31.3 Å². The second kappa shape index (κ2) is 8.40. The van der Waals surface area contributed by atoms with Gasteiger partial charge in [0.2, 0.25) is 0 Å². The van der Waals surface area contributed by atoms with E-state index < -0.39 is 11.8 Å². The molecule has 2 N–H and O–H groups in total. The van der Waals surface area contributed by atoms with E-state index >= 15 is 0 Å². The number of rotatable bonds is 6. The van der Waals surface area contributed by atoms with Crippen molar-refractivity contribution in [2.75, 3.05) is 31.1 Å². The highest BCUT2D eigenvalue weighted by atomic mass is 79.9. The highest BCUT2D eigenvalue weighted by molar-refractivity contribution is 9.10. The summed E-state index contributed by atoms with van der Waals surface area (Å²) in [6.45, 7) is 7.18. The first-order chi connectivity index (χ1) is 13.4. The fraction of sp³-hybridized carbons (Fsp3) is 0.381. The Bertz CT molecular complexity index is 913. The van der Waals surface area contributed by atoms with Crippen LogP contribution >= 0.6 is 27.5 Å². The SMILES string of the molecule is CCN(CC)CCN1c2cc(C#N)cc(Br)c2C(O)(c2ccccc2Cl)C1O. The Morgan fingerprint density at radius 1 is 1.29 bits per heavy atom. The largest absolute Gasteiger partial charge is 0.375 e. The highest BCUT2D eigenvalue weighted by Crippen LogP contribution is 2.51. The molecule has 0 aromatic heterocycles. The van der Waals surface area contributed by atoms with Gasteiger partial charge in [0, 0.05) is 39.4 Å². The summed E-state index contributed by atoms with van der Waals surface area (Å²) in [6.07, 6.45) is -1.23. The molecule has 1 heterocycles. The van der Waals surface area contributed by atoms with Gasteiger partial charge in [-0.3, -0.25) is 0 Å². The van der Waals surface area contributed by atoms with Crippen molar-refractivity contribution in [1.82, 2.24) is 4.90 Å². The first-order valence-corrected chi connectivity index (χ1v) is 10.4. The molecule has 0 saturated carbocycles. The molecule has 1 aliphatic rings. The number of hydrogen-bond acceptors (Lipinski definition) is 5. The van der Waals surface area contributed by atoms with Crippen LogP contribution in [0.4, 0.5) is 5.69 Å². The quantitative estimate of drug-likeness (QED) is 0.682. The minimum Gasteiger partial charge on any atom is -0.375 e. The number of nitriles is 1. The number of aliphatic hydroxyl groups excluding tert-OH is 1. The van der Waals surface area contributed by atoms with Crippen LogP contribution in [0, 0.1) is 11.3 Å². The van der Waals surface area contributed by atoms with Gasteiger partial charge in [0.05, 0.1) is 11.6 Å². The summed E-state index contributed by atoms with van der Waals surface area (Å²) >= 11 is 9.89. The van der Waals surface area contributed by atoms with Crippen LogP contribution in [0.5, 0.6) is 0 Å². The lowest BCUT2D eigenvalue weighted by Crippen LogP contribution is -2.48. The summed E-state index contributed by atoms with van der Waals surface area (Å²) in [5, 5.41) is 32.8. The second-order valence-corrected chi connectivity index (χ2v) is 8.07. The van der Waals surface area contributed by atoms with Crippen LogP contribution in [0.15, 0.2) is 40.9 Å². The predicted octanol–water partition coefficient (Wildman–Crippen LogP) is 3.69. The maximum Gasteiger partial charge on any atom is 0.164 e. The number of benzene rings is 2. The van der Waals surface area contributed by atoms with Crippen molar-refractivity contribution in [1.29, 1.82) is 5.26 Å². The van der Waals surface area contributed by atoms with Crippen molar-refractivity contribution in [2.24, 2.45) is 0 Å². The smallest absolute Gasteiger partial charge is 0.164 e. The summed E-state index contributed by atoms with van der Waals surface area (Å²) in [5.74, 6) is 0. The summed E-state index contributed by atoms with van der Waals surface area (Å²) in [5.41, 5.74) is 0.318. The minimum absolute atomic E-state index is 0.372. The molecule has 0 bridgehead atoms. The van der Waals surface area contributed by atoms with E-state index in [0.29, 0.717) is 38.4 Å². The van der Waals surface area contributed by atoms with Crippen LogP contribution in [0.25, 0.3) is 0 Å². The van der Waals surface area contributed by atoms with Crippen LogP contribution < -0.4 is 4.90 Å². The zero-order valence-corrected chi connectivity index (χ0v) is 18.2. The highest BCUT2D eigenvalue weighted by Gasteiger charge is 2.52. The molecule has 0 fully saturated rings. The van der Waals surface area contributed by atoms with Crippen molar-refractivity contribution in [2.45, 2.75) is 25.7 Å².